The van der Waals surface area contributed by atoms with Gasteiger partial charge in [-0.15, -0.1) is 0 Å². The van der Waals surface area contributed by atoms with Crippen molar-refractivity contribution in [2.45, 2.75) is 26.8 Å². The minimum Gasteiger partial charge on any atom is -0.385 e. The number of rotatable bonds is 4. The summed E-state index contributed by atoms with van der Waals surface area (Å²) in [5, 5.41) is 12.0. The normalized spacial score (nSPS) is 10.9. The molecule has 1 aromatic rings. The van der Waals surface area contributed by atoms with E-state index in [1.165, 1.54) is 11.3 Å². The van der Waals surface area contributed by atoms with Crippen LogP contribution in [-0.2, 0) is 6.54 Å². The second kappa shape index (κ2) is 5.87. The Balaban J connectivity index is 2.52. The number of allylic oxidation sites excluding steroid dienone is 2. The van der Waals surface area contributed by atoms with Crippen LogP contribution >= 0.6 is 0 Å². The standard InChI is InChI=1S/C13H16N2/c1-3-4-11(2)15-10-13-7-5-12(9-14)6-8-13/h4-8,15H,3,10H2,1-2H3/b11-4+. The number of nitrogens with zero attached hydrogens (tertiary/aromatic N) is 1. The van der Waals surface area contributed by atoms with Crippen molar-refractivity contribution in [3.8, 4) is 6.07 Å². The summed E-state index contributed by atoms with van der Waals surface area (Å²) in [5.74, 6) is 0. The minimum absolute atomic E-state index is 0.708. The Hall–Kier alpha value is -1.75. The van der Waals surface area contributed by atoms with E-state index < -0.39 is 0 Å². The third-order valence-electron chi connectivity index (χ3n) is 2.16. The molecule has 0 bridgehead atoms. The van der Waals surface area contributed by atoms with Crippen LogP contribution < -0.4 is 5.32 Å². The highest BCUT2D eigenvalue weighted by Gasteiger charge is 1.93. The molecule has 0 aliphatic rings. The van der Waals surface area contributed by atoms with Gasteiger partial charge in [-0.1, -0.05) is 25.1 Å². The molecule has 2 heteroatoms. The number of nitrogens with one attached hydrogen (secondary N) is 1. The van der Waals surface area contributed by atoms with Crippen molar-refractivity contribution in [2.24, 2.45) is 0 Å². The van der Waals surface area contributed by atoms with E-state index in [2.05, 4.69) is 31.3 Å². The predicted octanol–water partition coefficient (Wildman–Crippen LogP) is 2.96. The summed E-state index contributed by atoms with van der Waals surface area (Å²) in [5.41, 5.74) is 3.10. The summed E-state index contributed by atoms with van der Waals surface area (Å²) in [4.78, 5) is 0. The van der Waals surface area contributed by atoms with Gasteiger partial charge in [0.2, 0.25) is 0 Å². The van der Waals surface area contributed by atoms with Crippen LogP contribution in [0.5, 0.6) is 0 Å². The van der Waals surface area contributed by atoms with Gasteiger partial charge in [-0.25, -0.2) is 0 Å². The molecular weight excluding hydrogens is 184 g/mol. The smallest absolute Gasteiger partial charge is 0.0991 e. The summed E-state index contributed by atoms with van der Waals surface area (Å²) < 4.78 is 0. The highest BCUT2D eigenvalue weighted by molar-refractivity contribution is 5.31. The summed E-state index contributed by atoms with van der Waals surface area (Å²) in [6.45, 7) is 4.99. The van der Waals surface area contributed by atoms with Gasteiger partial charge in [0.1, 0.15) is 0 Å². The van der Waals surface area contributed by atoms with E-state index >= 15 is 0 Å². The molecule has 0 aliphatic carbocycles. The lowest BCUT2D eigenvalue weighted by atomic mass is 10.1. The summed E-state index contributed by atoms with van der Waals surface area (Å²) >= 11 is 0. The molecule has 0 radical (unpaired) electrons. The Morgan fingerprint density at radius 2 is 2.07 bits per heavy atom. The predicted molar refractivity (Wildman–Crippen MR) is 62.0 cm³/mol. The molecule has 15 heavy (non-hydrogen) atoms. The largest absolute Gasteiger partial charge is 0.385 e. The van der Waals surface area contributed by atoms with Crippen molar-refractivity contribution in [1.82, 2.24) is 5.32 Å². The molecule has 78 valence electrons. The lowest BCUT2D eigenvalue weighted by Gasteiger charge is -2.06. The zero-order chi connectivity index (χ0) is 11.1. The quantitative estimate of drug-likeness (QED) is 0.811. The van der Waals surface area contributed by atoms with Crippen LogP contribution in [0, 0.1) is 11.3 Å². The van der Waals surface area contributed by atoms with Gasteiger partial charge < -0.3 is 5.32 Å². The highest BCUT2D eigenvalue weighted by atomic mass is 14.9. The van der Waals surface area contributed by atoms with E-state index in [-0.39, 0.29) is 0 Å². The van der Waals surface area contributed by atoms with Gasteiger partial charge in [-0.2, -0.15) is 5.26 Å². The fraction of sp³-hybridized carbons (Fsp3) is 0.308. The van der Waals surface area contributed by atoms with E-state index in [9.17, 15) is 0 Å². The van der Waals surface area contributed by atoms with Crippen molar-refractivity contribution in [2.75, 3.05) is 0 Å². The third-order valence-corrected chi connectivity index (χ3v) is 2.16. The van der Waals surface area contributed by atoms with E-state index in [1.807, 2.05) is 24.3 Å². The topological polar surface area (TPSA) is 35.8 Å². The highest BCUT2D eigenvalue weighted by Crippen LogP contribution is 2.03. The Kier molecular flexibility index (Phi) is 4.43. The number of nitriles is 1. The van der Waals surface area contributed by atoms with Crippen LogP contribution in [0.1, 0.15) is 31.4 Å². The molecular formula is C13H16N2. The SMILES string of the molecule is CC/C=C(\C)NCc1ccc(C#N)cc1. The molecule has 0 saturated carbocycles. The summed E-state index contributed by atoms with van der Waals surface area (Å²) in [6, 6.07) is 9.75. The molecule has 0 saturated heterocycles. The second-order valence-electron chi connectivity index (χ2n) is 3.46. The van der Waals surface area contributed by atoms with Crippen LogP contribution in [0.25, 0.3) is 0 Å². The van der Waals surface area contributed by atoms with Gasteiger partial charge in [0.25, 0.3) is 0 Å². The molecule has 2 nitrogen and oxygen atoms in total. The fourth-order valence-corrected chi connectivity index (χ4v) is 1.32. The number of hydrogen-bond donors (Lipinski definition) is 1. The van der Waals surface area contributed by atoms with Gasteiger partial charge in [0.15, 0.2) is 0 Å². The van der Waals surface area contributed by atoms with Crippen LogP contribution in [0.3, 0.4) is 0 Å². The Morgan fingerprint density at radius 3 is 2.60 bits per heavy atom. The Morgan fingerprint density at radius 1 is 1.40 bits per heavy atom. The molecule has 0 fully saturated rings. The first-order valence-electron chi connectivity index (χ1n) is 5.16. The maximum Gasteiger partial charge on any atom is 0.0991 e. The van der Waals surface area contributed by atoms with Gasteiger partial charge in [0, 0.05) is 12.2 Å². The van der Waals surface area contributed by atoms with E-state index in [0.29, 0.717) is 5.56 Å². The molecule has 1 rings (SSSR count). The van der Waals surface area contributed by atoms with Crippen molar-refractivity contribution in [1.29, 1.82) is 5.26 Å². The molecule has 0 atom stereocenters. The van der Waals surface area contributed by atoms with Crippen LogP contribution in [0.4, 0.5) is 0 Å². The molecule has 0 amide bonds. The minimum atomic E-state index is 0.708. The zero-order valence-electron chi connectivity index (χ0n) is 9.25. The fourth-order valence-electron chi connectivity index (χ4n) is 1.32. The van der Waals surface area contributed by atoms with E-state index in [4.69, 9.17) is 5.26 Å². The van der Waals surface area contributed by atoms with Crippen molar-refractivity contribution < 1.29 is 0 Å². The van der Waals surface area contributed by atoms with Crippen LogP contribution in [0.15, 0.2) is 36.0 Å². The Labute approximate surface area is 91.2 Å². The third kappa shape index (κ3) is 3.86. The average Bonchev–Trinajstić information content (AvgIpc) is 2.27. The zero-order valence-corrected chi connectivity index (χ0v) is 9.25. The molecule has 0 aromatic heterocycles. The van der Waals surface area contributed by atoms with E-state index in [0.717, 1.165) is 13.0 Å². The molecule has 1 aromatic carbocycles. The maximum atomic E-state index is 8.64. The Bertz CT molecular complexity index is 369. The van der Waals surface area contributed by atoms with Crippen LogP contribution in [-0.4, -0.2) is 0 Å². The first-order valence-corrected chi connectivity index (χ1v) is 5.16. The van der Waals surface area contributed by atoms with Gasteiger partial charge in [-0.05, 0) is 31.0 Å². The molecule has 0 unspecified atom stereocenters. The van der Waals surface area contributed by atoms with Crippen molar-refractivity contribution in [3.05, 3.63) is 47.2 Å². The van der Waals surface area contributed by atoms with Crippen molar-refractivity contribution in [3.63, 3.8) is 0 Å². The molecule has 0 heterocycles. The first-order chi connectivity index (χ1) is 7.26. The first kappa shape index (κ1) is 11.3. The van der Waals surface area contributed by atoms with Gasteiger partial charge in [0.05, 0.1) is 11.6 Å². The average molecular weight is 200 g/mol. The van der Waals surface area contributed by atoms with Gasteiger partial charge >= 0.3 is 0 Å². The van der Waals surface area contributed by atoms with Crippen LogP contribution in [0.2, 0.25) is 0 Å². The molecule has 0 spiro atoms. The lowest BCUT2D eigenvalue weighted by Crippen LogP contribution is -2.10. The molecule has 1 N–H and O–H groups in total. The summed E-state index contributed by atoms with van der Waals surface area (Å²) in [7, 11) is 0. The van der Waals surface area contributed by atoms with Crippen molar-refractivity contribution >= 4 is 0 Å². The number of benzene rings is 1. The second-order valence-corrected chi connectivity index (χ2v) is 3.46. The van der Waals surface area contributed by atoms with E-state index in [1.54, 1.807) is 0 Å². The monoisotopic (exact) mass is 200 g/mol. The lowest BCUT2D eigenvalue weighted by molar-refractivity contribution is 0.804. The molecule has 0 aliphatic heterocycles. The maximum absolute atomic E-state index is 8.64. The summed E-state index contributed by atoms with van der Waals surface area (Å²) in [6.07, 6.45) is 3.20. The van der Waals surface area contributed by atoms with Gasteiger partial charge in [-0.3, -0.25) is 0 Å². The number of hydrogen-bond acceptors (Lipinski definition) is 2.